The smallest absolute Gasteiger partial charge is 0.173 e. The van der Waals surface area contributed by atoms with Gasteiger partial charge in [0.15, 0.2) is 11.6 Å². The van der Waals surface area contributed by atoms with Crippen molar-refractivity contribution < 1.29 is 9.13 Å². The molecule has 2 N–H and O–H groups in total. The van der Waals surface area contributed by atoms with Crippen LogP contribution in [-0.4, -0.2) is 6.61 Å². The van der Waals surface area contributed by atoms with Gasteiger partial charge in [-0.2, -0.15) is 0 Å². The second-order valence-electron chi connectivity index (χ2n) is 3.72. The molecular formula is C13H17ClFNO. The van der Waals surface area contributed by atoms with E-state index < -0.39 is 5.82 Å². The van der Waals surface area contributed by atoms with Crippen molar-refractivity contribution in [1.82, 2.24) is 0 Å². The van der Waals surface area contributed by atoms with Crippen LogP contribution in [0.4, 0.5) is 4.39 Å². The molecule has 0 radical (unpaired) electrons. The normalized spacial score (nSPS) is 12.2. The second kappa shape index (κ2) is 6.62. The molecule has 0 aliphatic carbocycles. The van der Waals surface area contributed by atoms with Crippen molar-refractivity contribution in [2.24, 2.45) is 5.73 Å². The van der Waals surface area contributed by atoms with Crippen LogP contribution in [0.15, 0.2) is 24.8 Å². The van der Waals surface area contributed by atoms with Crippen molar-refractivity contribution in [2.75, 3.05) is 6.61 Å². The van der Waals surface area contributed by atoms with Crippen LogP contribution < -0.4 is 10.5 Å². The van der Waals surface area contributed by atoms with E-state index in [0.717, 1.165) is 6.42 Å². The molecule has 1 atom stereocenters. The van der Waals surface area contributed by atoms with Gasteiger partial charge in [0.05, 0.1) is 11.6 Å². The van der Waals surface area contributed by atoms with Crippen molar-refractivity contribution in [3.63, 3.8) is 0 Å². The molecule has 0 aromatic heterocycles. The molecule has 0 fully saturated rings. The lowest BCUT2D eigenvalue weighted by atomic mass is 10.0. The van der Waals surface area contributed by atoms with E-state index in [4.69, 9.17) is 22.1 Å². The summed E-state index contributed by atoms with van der Waals surface area (Å²) < 4.78 is 18.8. The molecule has 1 rings (SSSR count). The van der Waals surface area contributed by atoms with Crippen LogP contribution >= 0.6 is 11.6 Å². The molecule has 0 aliphatic heterocycles. The summed E-state index contributed by atoms with van der Waals surface area (Å²) in [6.45, 7) is 5.77. The fraction of sp³-hybridized carbons (Fsp3) is 0.385. The number of halogens is 2. The van der Waals surface area contributed by atoms with Gasteiger partial charge in [-0.25, -0.2) is 4.39 Å². The Hall–Kier alpha value is -1.06. The topological polar surface area (TPSA) is 35.2 Å². The minimum absolute atomic E-state index is 0.0915. The van der Waals surface area contributed by atoms with Crippen molar-refractivity contribution >= 4 is 11.6 Å². The molecule has 0 spiro atoms. The minimum atomic E-state index is -0.469. The number of ether oxygens (including phenoxy) is 1. The summed E-state index contributed by atoms with van der Waals surface area (Å²) in [5, 5.41) is 0.260. The predicted octanol–water partition coefficient (Wildman–Crippen LogP) is 3.84. The first kappa shape index (κ1) is 14.0. The second-order valence-corrected chi connectivity index (χ2v) is 4.13. The van der Waals surface area contributed by atoms with Crippen molar-refractivity contribution in [1.29, 1.82) is 0 Å². The van der Waals surface area contributed by atoms with Gasteiger partial charge in [-0.3, -0.25) is 0 Å². The average Bonchev–Trinajstić information content (AvgIpc) is 2.30. The molecule has 17 heavy (non-hydrogen) atoms. The molecule has 0 aliphatic rings. The maximum Gasteiger partial charge on any atom is 0.173 e. The van der Waals surface area contributed by atoms with Crippen LogP contribution in [0.25, 0.3) is 0 Å². The van der Waals surface area contributed by atoms with E-state index in [0.29, 0.717) is 18.6 Å². The van der Waals surface area contributed by atoms with Crippen LogP contribution in [0.3, 0.4) is 0 Å². The van der Waals surface area contributed by atoms with Gasteiger partial charge in [-0.15, -0.1) is 6.58 Å². The van der Waals surface area contributed by atoms with E-state index in [2.05, 4.69) is 6.58 Å². The van der Waals surface area contributed by atoms with Gasteiger partial charge < -0.3 is 10.5 Å². The number of hydrogen-bond acceptors (Lipinski definition) is 2. The van der Waals surface area contributed by atoms with Gasteiger partial charge in [0, 0.05) is 6.04 Å². The van der Waals surface area contributed by atoms with Crippen molar-refractivity contribution in [2.45, 2.75) is 25.8 Å². The standard InChI is InChI=1S/C13H17ClFNO/c1-3-5-6-12(16)9-7-10(14)13(17-4-2)11(15)8-9/h3,7-8,12H,1,4-6,16H2,2H3/t12-/m1/s1. The van der Waals surface area contributed by atoms with E-state index >= 15 is 0 Å². The molecule has 1 aromatic carbocycles. The van der Waals surface area contributed by atoms with Gasteiger partial charge >= 0.3 is 0 Å². The first-order chi connectivity index (χ1) is 8.10. The van der Waals surface area contributed by atoms with E-state index in [1.165, 1.54) is 6.07 Å². The van der Waals surface area contributed by atoms with Crippen molar-refractivity contribution in [3.05, 3.63) is 41.2 Å². The van der Waals surface area contributed by atoms with Gasteiger partial charge in [0.2, 0.25) is 0 Å². The lowest BCUT2D eigenvalue weighted by Gasteiger charge is -2.14. The third-order valence-corrected chi connectivity index (χ3v) is 2.70. The zero-order chi connectivity index (χ0) is 12.8. The molecule has 0 amide bonds. The highest BCUT2D eigenvalue weighted by molar-refractivity contribution is 6.32. The number of rotatable bonds is 6. The van der Waals surface area contributed by atoms with Crippen LogP contribution in [-0.2, 0) is 0 Å². The number of nitrogens with two attached hydrogens (primary N) is 1. The number of allylic oxidation sites excluding steroid dienone is 1. The van der Waals surface area contributed by atoms with E-state index in [1.54, 1.807) is 19.1 Å². The van der Waals surface area contributed by atoms with Crippen LogP contribution in [0.5, 0.6) is 5.75 Å². The van der Waals surface area contributed by atoms with Gasteiger partial charge in [0.1, 0.15) is 0 Å². The molecule has 0 saturated heterocycles. The molecule has 1 aromatic rings. The van der Waals surface area contributed by atoms with E-state index in [9.17, 15) is 4.39 Å². The Morgan fingerprint density at radius 2 is 2.29 bits per heavy atom. The fourth-order valence-corrected chi connectivity index (χ4v) is 1.81. The molecule has 0 saturated carbocycles. The molecule has 0 bridgehead atoms. The monoisotopic (exact) mass is 257 g/mol. The van der Waals surface area contributed by atoms with Crippen LogP contribution in [0, 0.1) is 5.82 Å². The Morgan fingerprint density at radius 3 is 2.82 bits per heavy atom. The summed E-state index contributed by atoms with van der Waals surface area (Å²) in [5.41, 5.74) is 6.61. The average molecular weight is 258 g/mol. The highest BCUT2D eigenvalue weighted by Gasteiger charge is 2.14. The zero-order valence-corrected chi connectivity index (χ0v) is 10.6. The van der Waals surface area contributed by atoms with Gasteiger partial charge in [0.25, 0.3) is 0 Å². The first-order valence-electron chi connectivity index (χ1n) is 5.58. The molecule has 4 heteroatoms. The Balaban J connectivity index is 2.92. The zero-order valence-electron chi connectivity index (χ0n) is 9.88. The minimum Gasteiger partial charge on any atom is -0.489 e. The third-order valence-electron chi connectivity index (χ3n) is 2.42. The number of benzene rings is 1. The maximum atomic E-state index is 13.7. The highest BCUT2D eigenvalue weighted by atomic mass is 35.5. The summed E-state index contributed by atoms with van der Waals surface area (Å²) in [4.78, 5) is 0. The Bertz CT molecular complexity index is 372. The molecule has 94 valence electrons. The Morgan fingerprint density at radius 1 is 1.59 bits per heavy atom. The van der Waals surface area contributed by atoms with E-state index in [1.807, 2.05) is 0 Å². The molecule has 0 unspecified atom stereocenters. The van der Waals surface area contributed by atoms with Crippen LogP contribution in [0.1, 0.15) is 31.4 Å². The maximum absolute atomic E-state index is 13.7. The quantitative estimate of drug-likeness (QED) is 0.786. The summed E-state index contributed by atoms with van der Waals surface area (Å²) in [5.74, 6) is -0.378. The lowest BCUT2D eigenvalue weighted by molar-refractivity contribution is 0.321. The Labute approximate surface area is 106 Å². The molecule has 0 heterocycles. The summed E-state index contributed by atoms with van der Waals surface area (Å²) in [6.07, 6.45) is 3.28. The molecular weight excluding hydrogens is 241 g/mol. The van der Waals surface area contributed by atoms with Crippen LogP contribution in [0.2, 0.25) is 5.02 Å². The van der Waals surface area contributed by atoms with Gasteiger partial charge in [-0.1, -0.05) is 17.7 Å². The first-order valence-corrected chi connectivity index (χ1v) is 5.96. The number of hydrogen-bond donors (Lipinski definition) is 1. The van der Waals surface area contributed by atoms with Gasteiger partial charge in [-0.05, 0) is 37.5 Å². The Kier molecular flexibility index (Phi) is 5.45. The highest BCUT2D eigenvalue weighted by Crippen LogP contribution is 2.31. The molecule has 2 nitrogen and oxygen atoms in total. The summed E-state index contributed by atoms with van der Waals surface area (Å²) in [7, 11) is 0. The fourth-order valence-electron chi connectivity index (χ4n) is 1.54. The SMILES string of the molecule is C=CCC[C@@H](N)c1cc(F)c(OCC)c(Cl)c1. The van der Waals surface area contributed by atoms with Crippen molar-refractivity contribution in [3.8, 4) is 5.75 Å². The largest absolute Gasteiger partial charge is 0.489 e. The summed E-state index contributed by atoms with van der Waals surface area (Å²) >= 11 is 5.95. The lowest BCUT2D eigenvalue weighted by Crippen LogP contribution is -2.10. The van der Waals surface area contributed by atoms with E-state index in [-0.39, 0.29) is 16.8 Å². The third kappa shape index (κ3) is 3.72. The summed E-state index contributed by atoms with van der Waals surface area (Å²) in [6, 6.07) is 2.80. The predicted molar refractivity (Wildman–Crippen MR) is 68.9 cm³/mol.